The van der Waals surface area contributed by atoms with Crippen molar-refractivity contribution in [2.45, 2.75) is 39.2 Å². The number of carbonyl (C=O) groups is 2. The van der Waals surface area contributed by atoms with Crippen molar-refractivity contribution in [3.05, 3.63) is 58.0 Å². The van der Waals surface area contributed by atoms with Crippen molar-refractivity contribution in [3.63, 3.8) is 0 Å². The SMILES string of the molecule is CCCNC(=O)c1cccc(-c2cc3n(c(=O)c2)C[C@H]2C[C@@H]3CN(C(C)=O)C2)c1. The monoisotopic (exact) mass is 393 g/mol. The van der Waals surface area contributed by atoms with Gasteiger partial charge in [0.1, 0.15) is 0 Å². The third kappa shape index (κ3) is 3.84. The predicted molar refractivity (Wildman–Crippen MR) is 112 cm³/mol. The number of fused-ring (bicyclic) bond motifs is 4. The molecule has 29 heavy (non-hydrogen) atoms. The first kappa shape index (κ1) is 19.4. The Balaban J connectivity index is 1.69. The van der Waals surface area contributed by atoms with Crippen molar-refractivity contribution in [2.24, 2.45) is 5.92 Å². The number of nitrogens with one attached hydrogen (secondary N) is 1. The van der Waals surface area contributed by atoms with Crippen molar-refractivity contribution in [1.29, 1.82) is 0 Å². The van der Waals surface area contributed by atoms with Gasteiger partial charge >= 0.3 is 0 Å². The Kier molecular flexibility index (Phi) is 5.26. The van der Waals surface area contributed by atoms with Crippen LogP contribution < -0.4 is 10.9 Å². The molecule has 2 aliphatic heterocycles. The Morgan fingerprint density at radius 3 is 2.69 bits per heavy atom. The van der Waals surface area contributed by atoms with Gasteiger partial charge in [0.2, 0.25) is 5.91 Å². The lowest BCUT2D eigenvalue weighted by Gasteiger charge is -2.42. The Morgan fingerprint density at radius 2 is 1.93 bits per heavy atom. The first-order chi connectivity index (χ1) is 14.0. The van der Waals surface area contributed by atoms with E-state index in [2.05, 4.69) is 11.4 Å². The minimum absolute atomic E-state index is 0.00990. The highest BCUT2D eigenvalue weighted by Gasteiger charge is 2.35. The van der Waals surface area contributed by atoms with Crippen molar-refractivity contribution in [3.8, 4) is 11.1 Å². The summed E-state index contributed by atoms with van der Waals surface area (Å²) in [6.45, 7) is 6.31. The van der Waals surface area contributed by atoms with E-state index in [9.17, 15) is 14.4 Å². The van der Waals surface area contributed by atoms with E-state index in [0.717, 1.165) is 36.2 Å². The number of amides is 2. The summed E-state index contributed by atoms with van der Waals surface area (Å²) < 4.78 is 1.87. The second-order valence-electron chi connectivity index (χ2n) is 8.18. The minimum atomic E-state index is -0.101. The van der Waals surface area contributed by atoms with Crippen LogP contribution in [0.25, 0.3) is 11.1 Å². The number of carbonyl (C=O) groups excluding carboxylic acids is 2. The van der Waals surface area contributed by atoms with Gasteiger partial charge in [-0.25, -0.2) is 0 Å². The number of hydrogen-bond acceptors (Lipinski definition) is 3. The molecule has 2 atom stereocenters. The number of benzene rings is 1. The Bertz CT molecular complexity index is 1010. The van der Waals surface area contributed by atoms with Crippen LogP contribution in [0.5, 0.6) is 0 Å². The summed E-state index contributed by atoms with van der Waals surface area (Å²) in [6.07, 6.45) is 1.89. The molecule has 4 rings (SSSR count). The van der Waals surface area contributed by atoms with E-state index in [0.29, 0.717) is 31.1 Å². The van der Waals surface area contributed by atoms with Gasteiger partial charge in [0.05, 0.1) is 0 Å². The van der Waals surface area contributed by atoms with Gasteiger partial charge in [0.15, 0.2) is 0 Å². The van der Waals surface area contributed by atoms with Crippen LogP contribution in [0.2, 0.25) is 0 Å². The number of aromatic nitrogens is 1. The fourth-order valence-corrected chi connectivity index (χ4v) is 4.56. The molecule has 0 saturated carbocycles. The summed E-state index contributed by atoms with van der Waals surface area (Å²) in [5.74, 6) is 0.502. The summed E-state index contributed by atoms with van der Waals surface area (Å²) in [5, 5.41) is 2.89. The van der Waals surface area contributed by atoms with Gasteiger partial charge in [-0.05, 0) is 48.1 Å². The fraction of sp³-hybridized carbons (Fsp3) is 0.435. The molecule has 3 heterocycles. The maximum atomic E-state index is 12.9. The highest BCUT2D eigenvalue weighted by Crippen LogP contribution is 2.36. The molecule has 2 aromatic rings. The van der Waals surface area contributed by atoms with Crippen LogP contribution in [0.3, 0.4) is 0 Å². The van der Waals surface area contributed by atoms with E-state index in [1.807, 2.05) is 34.6 Å². The number of hydrogen-bond donors (Lipinski definition) is 1. The lowest BCUT2D eigenvalue weighted by atomic mass is 9.82. The molecule has 0 unspecified atom stereocenters. The van der Waals surface area contributed by atoms with E-state index in [4.69, 9.17) is 0 Å². The first-order valence-corrected chi connectivity index (χ1v) is 10.3. The topological polar surface area (TPSA) is 71.4 Å². The molecule has 1 N–H and O–H groups in total. The van der Waals surface area contributed by atoms with Gasteiger partial charge in [0, 0.05) is 56.3 Å². The molecule has 1 saturated heterocycles. The van der Waals surface area contributed by atoms with Crippen molar-refractivity contribution >= 4 is 11.8 Å². The molecule has 152 valence electrons. The van der Waals surface area contributed by atoms with Crippen molar-refractivity contribution in [2.75, 3.05) is 19.6 Å². The third-order valence-corrected chi connectivity index (χ3v) is 6.00. The van der Waals surface area contributed by atoms with Crippen LogP contribution in [0.15, 0.2) is 41.2 Å². The van der Waals surface area contributed by atoms with Crippen LogP contribution >= 0.6 is 0 Å². The third-order valence-electron chi connectivity index (χ3n) is 6.00. The van der Waals surface area contributed by atoms with Crippen molar-refractivity contribution < 1.29 is 9.59 Å². The number of likely N-dealkylation sites (tertiary alicyclic amines) is 1. The summed E-state index contributed by atoms with van der Waals surface area (Å²) in [4.78, 5) is 39.0. The predicted octanol–water partition coefficient (Wildman–Crippen LogP) is 2.62. The fourth-order valence-electron chi connectivity index (χ4n) is 4.56. The molecule has 2 aliphatic rings. The van der Waals surface area contributed by atoms with Gasteiger partial charge < -0.3 is 14.8 Å². The van der Waals surface area contributed by atoms with Crippen LogP contribution in [-0.2, 0) is 11.3 Å². The second-order valence-corrected chi connectivity index (χ2v) is 8.18. The zero-order valence-electron chi connectivity index (χ0n) is 17.0. The molecule has 6 heteroatoms. The Labute approximate surface area is 170 Å². The molecule has 2 amide bonds. The van der Waals surface area contributed by atoms with E-state index in [1.165, 1.54) is 0 Å². The number of rotatable bonds is 4. The largest absolute Gasteiger partial charge is 0.352 e. The molecule has 1 aromatic heterocycles. The molecule has 0 spiro atoms. The highest BCUT2D eigenvalue weighted by atomic mass is 16.2. The number of nitrogens with zero attached hydrogens (tertiary/aromatic N) is 2. The summed E-state index contributed by atoms with van der Waals surface area (Å²) in [7, 11) is 0. The molecule has 1 fully saturated rings. The van der Waals surface area contributed by atoms with Gasteiger partial charge in [-0.2, -0.15) is 0 Å². The van der Waals surface area contributed by atoms with Gasteiger partial charge in [-0.1, -0.05) is 19.1 Å². The quantitative estimate of drug-likeness (QED) is 0.868. The van der Waals surface area contributed by atoms with Gasteiger partial charge in [0.25, 0.3) is 11.5 Å². The molecule has 0 radical (unpaired) electrons. The maximum absolute atomic E-state index is 12.9. The lowest BCUT2D eigenvalue weighted by Crippen LogP contribution is -2.48. The first-order valence-electron chi connectivity index (χ1n) is 10.3. The number of pyridine rings is 1. The second kappa shape index (κ2) is 7.85. The van der Waals surface area contributed by atoms with Crippen LogP contribution in [-0.4, -0.2) is 40.9 Å². The molecule has 0 aliphatic carbocycles. The maximum Gasteiger partial charge on any atom is 0.251 e. The minimum Gasteiger partial charge on any atom is -0.352 e. The van der Waals surface area contributed by atoms with E-state index in [-0.39, 0.29) is 23.3 Å². The van der Waals surface area contributed by atoms with Gasteiger partial charge in [-0.3, -0.25) is 14.4 Å². The average Bonchev–Trinajstić information content (AvgIpc) is 2.72. The Hall–Kier alpha value is -2.89. The van der Waals surface area contributed by atoms with E-state index < -0.39 is 0 Å². The standard InChI is InChI=1S/C23H27N3O3/c1-3-7-24-23(29)18-6-4-5-17(9-18)19-10-21-20-8-16(12-25(14-20)15(2)27)13-26(21)22(28)11-19/h4-6,9-11,16,20H,3,7-8,12-14H2,1-2H3,(H,24,29)/t16-,20+/m0/s1. The summed E-state index contributed by atoms with van der Waals surface area (Å²) in [6, 6.07) is 11.1. The summed E-state index contributed by atoms with van der Waals surface area (Å²) >= 11 is 0. The molecular formula is C23H27N3O3. The summed E-state index contributed by atoms with van der Waals surface area (Å²) in [5.41, 5.74) is 3.26. The molecule has 6 nitrogen and oxygen atoms in total. The molecule has 1 aromatic carbocycles. The van der Waals surface area contributed by atoms with Crippen LogP contribution in [0, 0.1) is 5.92 Å². The zero-order valence-corrected chi connectivity index (χ0v) is 17.0. The smallest absolute Gasteiger partial charge is 0.251 e. The zero-order chi connectivity index (χ0) is 20.5. The number of piperidine rings is 1. The normalized spacial score (nSPS) is 20.1. The van der Waals surface area contributed by atoms with Crippen LogP contribution in [0.1, 0.15) is 48.7 Å². The average molecular weight is 393 g/mol. The van der Waals surface area contributed by atoms with Gasteiger partial charge in [-0.15, -0.1) is 0 Å². The van der Waals surface area contributed by atoms with E-state index >= 15 is 0 Å². The van der Waals surface area contributed by atoms with E-state index in [1.54, 1.807) is 19.1 Å². The van der Waals surface area contributed by atoms with Crippen molar-refractivity contribution in [1.82, 2.24) is 14.8 Å². The highest BCUT2D eigenvalue weighted by molar-refractivity contribution is 5.95. The molecule has 2 bridgehead atoms. The Morgan fingerprint density at radius 1 is 1.10 bits per heavy atom. The lowest BCUT2D eigenvalue weighted by molar-refractivity contribution is -0.131. The van der Waals surface area contributed by atoms with Crippen LogP contribution in [0.4, 0.5) is 0 Å². The molecular weight excluding hydrogens is 366 g/mol.